The number of carbonyl (C=O) groups excluding carboxylic acids is 1. The summed E-state index contributed by atoms with van der Waals surface area (Å²) in [5.41, 5.74) is -0.0110. The molecule has 1 amide bonds. The van der Waals surface area contributed by atoms with Crippen molar-refractivity contribution in [2.75, 3.05) is 18.5 Å². The number of nitrogens with one attached hydrogen (secondary N) is 2. The molecule has 0 saturated carbocycles. The van der Waals surface area contributed by atoms with Crippen molar-refractivity contribution in [2.24, 2.45) is 0 Å². The van der Waals surface area contributed by atoms with Gasteiger partial charge >= 0.3 is 0 Å². The van der Waals surface area contributed by atoms with E-state index in [-0.39, 0.29) is 15.5 Å². The molecule has 1 aliphatic rings. The molecule has 28 heavy (non-hydrogen) atoms. The lowest BCUT2D eigenvalue weighted by atomic mass is 10.1. The molecule has 0 aromatic heterocycles. The lowest BCUT2D eigenvalue weighted by molar-refractivity contribution is 0.102. The van der Waals surface area contributed by atoms with E-state index in [0.717, 1.165) is 0 Å². The maximum Gasteiger partial charge on any atom is 0.255 e. The van der Waals surface area contributed by atoms with Crippen molar-refractivity contribution < 1.29 is 22.7 Å². The Morgan fingerprint density at radius 3 is 2.54 bits per heavy atom. The van der Waals surface area contributed by atoms with Crippen LogP contribution in [0.2, 0.25) is 5.02 Å². The van der Waals surface area contributed by atoms with Crippen molar-refractivity contribution in [1.29, 1.82) is 0 Å². The molecule has 2 N–H and O–H groups in total. The van der Waals surface area contributed by atoms with Crippen LogP contribution in [0.4, 0.5) is 5.69 Å². The first-order valence-electron chi connectivity index (χ1n) is 8.60. The molecule has 2 aromatic carbocycles. The predicted molar refractivity (Wildman–Crippen MR) is 107 cm³/mol. The number of amides is 1. The Kier molecular flexibility index (Phi) is 5.56. The summed E-state index contributed by atoms with van der Waals surface area (Å²) in [5.74, 6) is 0.359. The van der Waals surface area contributed by atoms with Gasteiger partial charge in [-0.15, -0.1) is 0 Å². The summed E-state index contributed by atoms with van der Waals surface area (Å²) in [6.07, 6.45) is 0. The highest BCUT2D eigenvalue weighted by Gasteiger charge is 2.23. The second-order valence-electron chi connectivity index (χ2n) is 7.32. The highest BCUT2D eigenvalue weighted by molar-refractivity contribution is 7.89. The predicted octanol–water partition coefficient (Wildman–Crippen LogP) is 3.44. The van der Waals surface area contributed by atoms with Gasteiger partial charge in [0.1, 0.15) is 13.2 Å². The van der Waals surface area contributed by atoms with Crippen LogP contribution in [0.15, 0.2) is 41.3 Å². The first kappa shape index (κ1) is 20.4. The average molecular weight is 425 g/mol. The fraction of sp³-hybridized carbons (Fsp3) is 0.316. The SMILES string of the molecule is CC(C)(C)NS(=O)(=O)c1cccc(NC(=O)c2cc(Cl)c3c(c2)OCCO3)c1. The number of fused-ring (bicyclic) bond motifs is 1. The maximum absolute atomic E-state index is 12.6. The van der Waals surface area contributed by atoms with Crippen LogP contribution >= 0.6 is 11.6 Å². The van der Waals surface area contributed by atoms with E-state index in [2.05, 4.69) is 10.0 Å². The topological polar surface area (TPSA) is 93.7 Å². The first-order chi connectivity index (χ1) is 13.0. The number of carbonyl (C=O) groups is 1. The molecule has 0 saturated heterocycles. The van der Waals surface area contributed by atoms with Crippen molar-refractivity contribution in [3.63, 3.8) is 0 Å². The number of halogens is 1. The monoisotopic (exact) mass is 424 g/mol. The third-order valence-electron chi connectivity index (χ3n) is 3.70. The van der Waals surface area contributed by atoms with Crippen LogP contribution in [0.3, 0.4) is 0 Å². The smallest absolute Gasteiger partial charge is 0.255 e. The number of hydrogen-bond acceptors (Lipinski definition) is 5. The van der Waals surface area contributed by atoms with E-state index in [1.165, 1.54) is 24.3 Å². The highest BCUT2D eigenvalue weighted by Crippen LogP contribution is 2.38. The Hall–Kier alpha value is -2.29. The van der Waals surface area contributed by atoms with Crippen molar-refractivity contribution in [2.45, 2.75) is 31.2 Å². The molecule has 9 heteroatoms. The van der Waals surface area contributed by atoms with Gasteiger partial charge < -0.3 is 14.8 Å². The number of hydrogen-bond donors (Lipinski definition) is 2. The second-order valence-corrected chi connectivity index (χ2v) is 9.41. The molecule has 0 radical (unpaired) electrons. The summed E-state index contributed by atoms with van der Waals surface area (Å²) in [5, 5.41) is 2.95. The molecule has 0 spiro atoms. The second kappa shape index (κ2) is 7.62. The zero-order valence-corrected chi connectivity index (χ0v) is 17.3. The van der Waals surface area contributed by atoms with Crippen LogP contribution in [0.5, 0.6) is 11.5 Å². The van der Waals surface area contributed by atoms with Crippen LogP contribution in [-0.2, 0) is 10.0 Å². The van der Waals surface area contributed by atoms with Crippen molar-refractivity contribution in [3.05, 3.63) is 47.0 Å². The summed E-state index contributed by atoms with van der Waals surface area (Å²) >= 11 is 6.17. The van der Waals surface area contributed by atoms with Gasteiger partial charge in [-0.2, -0.15) is 0 Å². The first-order valence-corrected chi connectivity index (χ1v) is 10.5. The minimum absolute atomic E-state index is 0.0560. The minimum atomic E-state index is -3.72. The summed E-state index contributed by atoms with van der Waals surface area (Å²) in [6.45, 7) is 6.02. The molecular formula is C19H21ClN2O5S. The van der Waals surface area contributed by atoms with Gasteiger partial charge in [-0.25, -0.2) is 13.1 Å². The van der Waals surface area contributed by atoms with Gasteiger partial charge in [-0.05, 0) is 51.1 Å². The molecular weight excluding hydrogens is 404 g/mol. The largest absolute Gasteiger partial charge is 0.486 e. The molecule has 0 atom stereocenters. The summed E-state index contributed by atoms with van der Waals surface area (Å²) in [6, 6.07) is 9.04. The molecule has 1 heterocycles. The molecule has 0 aliphatic carbocycles. The third-order valence-corrected chi connectivity index (χ3v) is 5.74. The Bertz CT molecular complexity index is 1020. The molecule has 7 nitrogen and oxygen atoms in total. The molecule has 3 rings (SSSR count). The van der Waals surface area contributed by atoms with Crippen molar-refractivity contribution in [1.82, 2.24) is 4.72 Å². The standard InChI is InChI=1S/C19H21ClN2O5S/c1-19(2,3)22-28(24,25)14-6-4-5-13(11-14)21-18(23)12-9-15(20)17-16(10-12)26-7-8-27-17/h4-6,9-11,22H,7-8H2,1-3H3,(H,21,23). The normalized spacial score (nSPS) is 13.9. The summed E-state index contributed by atoms with van der Waals surface area (Å²) < 4.78 is 38.5. The van der Waals surface area contributed by atoms with E-state index in [4.69, 9.17) is 21.1 Å². The fourth-order valence-electron chi connectivity index (χ4n) is 2.65. The van der Waals surface area contributed by atoms with E-state index in [1.54, 1.807) is 32.9 Å². The van der Waals surface area contributed by atoms with Crippen LogP contribution in [-0.4, -0.2) is 33.1 Å². The molecule has 0 unspecified atom stereocenters. The van der Waals surface area contributed by atoms with E-state index in [1.807, 2.05) is 0 Å². The van der Waals surface area contributed by atoms with Gasteiger partial charge in [0.2, 0.25) is 10.0 Å². The Balaban J connectivity index is 1.83. The molecule has 0 bridgehead atoms. The number of anilines is 1. The Labute approximate surface area is 169 Å². The fourth-order valence-corrected chi connectivity index (χ4v) is 4.38. The lowest BCUT2D eigenvalue weighted by Crippen LogP contribution is -2.40. The molecule has 150 valence electrons. The van der Waals surface area contributed by atoms with Crippen LogP contribution < -0.4 is 19.5 Å². The van der Waals surface area contributed by atoms with Gasteiger partial charge in [0.15, 0.2) is 11.5 Å². The maximum atomic E-state index is 12.6. The van der Waals surface area contributed by atoms with Crippen LogP contribution in [0, 0.1) is 0 Å². The Morgan fingerprint density at radius 1 is 1.11 bits per heavy atom. The van der Waals surface area contributed by atoms with E-state index >= 15 is 0 Å². The highest BCUT2D eigenvalue weighted by atomic mass is 35.5. The number of sulfonamides is 1. The average Bonchev–Trinajstić information content (AvgIpc) is 2.60. The number of ether oxygens (including phenoxy) is 2. The third kappa shape index (κ3) is 4.76. The van der Waals surface area contributed by atoms with Gasteiger partial charge in [0, 0.05) is 16.8 Å². The minimum Gasteiger partial charge on any atom is -0.486 e. The van der Waals surface area contributed by atoms with Crippen LogP contribution in [0.1, 0.15) is 31.1 Å². The van der Waals surface area contributed by atoms with E-state index < -0.39 is 21.5 Å². The zero-order chi connectivity index (χ0) is 20.5. The number of benzene rings is 2. The van der Waals surface area contributed by atoms with Crippen LogP contribution in [0.25, 0.3) is 0 Å². The summed E-state index contributed by atoms with van der Waals surface area (Å²) in [4.78, 5) is 12.7. The number of rotatable bonds is 4. The summed E-state index contributed by atoms with van der Waals surface area (Å²) in [7, 11) is -3.72. The van der Waals surface area contributed by atoms with Gasteiger partial charge in [-0.1, -0.05) is 17.7 Å². The van der Waals surface area contributed by atoms with Gasteiger partial charge in [-0.3, -0.25) is 4.79 Å². The Morgan fingerprint density at radius 2 is 1.82 bits per heavy atom. The molecule has 1 aliphatic heterocycles. The lowest BCUT2D eigenvalue weighted by Gasteiger charge is -2.21. The van der Waals surface area contributed by atoms with Crippen molar-refractivity contribution >= 4 is 33.2 Å². The van der Waals surface area contributed by atoms with E-state index in [9.17, 15) is 13.2 Å². The van der Waals surface area contributed by atoms with Gasteiger partial charge in [0.25, 0.3) is 5.91 Å². The molecule has 2 aromatic rings. The quantitative estimate of drug-likeness (QED) is 0.784. The van der Waals surface area contributed by atoms with Gasteiger partial charge in [0.05, 0.1) is 9.92 Å². The zero-order valence-electron chi connectivity index (χ0n) is 15.7. The molecule has 0 fully saturated rings. The van der Waals surface area contributed by atoms with E-state index in [0.29, 0.717) is 30.4 Å². The van der Waals surface area contributed by atoms with Crippen molar-refractivity contribution in [3.8, 4) is 11.5 Å².